The lowest BCUT2D eigenvalue weighted by Gasteiger charge is -2.05. The Bertz CT molecular complexity index is 666. The summed E-state index contributed by atoms with van der Waals surface area (Å²) in [7, 11) is 0. The van der Waals surface area contributed by atoms with Gasteiger partial charge in [0.2, 0.25) is 0 Å². The van der Waals surface area contributed by atoms with E-state index < -0.39 is 17.7 Å². The van der Waals surface area contributed by atoms with Crippen molar-refractivity contribution in [1.29, 1.82) is 0 Å². The number of rotatable bonds is 3. The summed E-state index contributed by atoms with van der Waals surface area (Å²) in [5, 5.41) is 3.98. The molecular formula is C13H13F3N4. The third-order valence-electron chi connectivity index (χ3n) is 3.52. The Kier molecular flexibility index (Phi) is 2.67. The van der Waals surface area contributed by atoms with E-state index in [1.165, 1.54) is 29.2 Å². The van der Waals surface area contributed by atoms with Crippen molar-refractivity contribution in [3.63, 3.8) is 0 Å². The van der Waals surface area contributed by atoms with Crippen LogP contribution in [0, 0.1) is 11.7 Å². The highest BCUT2D eigenvalue weighted by Crippen LogP contribution is 2.49. The normalized spacial score (nSPS) is 20.1. The van der Waals surface area contributed by atoms with Crippen LogP contribution in [0.3, 0.4) is 0 Å². The SMILES string of the molecule is Nc1ccc(-c2cnn(CC3CC3(F)F)c2)c(F)c1N. The minimum absolute atomic E-state index is 0.120. The van der Waals surface area contributed by atoms with Gasteiger partial charge in [-0.2, -0.15) is 5.10 Å². The maximum atomic E-state index is 14.0. The summed E-state index contributed by atoms with van der Waals surface area (Å²) in [5.74, 6) is -3.90. The highest BCUT2D eigenvalue weighted by Gasteiger charge is 2.56. The first-order chi connectivity index (χ1) is 9.38. The lowest BCUT2D eigenvalue weighted by atomic mass is 10.1. The number of hydrogen-bond donors (Lipinski definition) is 2. The Hall–Kier alpha value is -2.18. The zero-order valence-corrected chi connectivity index (χ0v) is 10.5. The first kappa shape index (κ1) is 12.8. The van der Waals surface area contributed by atoms with Crippen LogP contribution in [0.4, 0.5) is 24.5 Å². The first-order valence-corrected chi connectivity index (χ1v) is 6.12. The molecule has 1 aliphatic carbocycles. The number of anilines is 2. The lowest BCUT2D eigenvalue weighted by molar-refractivity contribution is 0.0942. The van der Waals surface area contributed by atoms with E-state index in [1.54, 1.807) is 0 Å². The van der Waals surface area contributed by atoms with Gasteiger partial charge >= 0.3 is 0 Å². The minimum atomic E-state index is -2.59. The Morgan fingerprint density at radius 3 is 2.70 bits per heavy atom. The number of benzene rings is 1. The molecule has 0 saturated heterocycles. The Labute approximate surface area is 113 Å². The predicted octanol–water partition coefficient (Wildman–Crippen LogP) is 2.51. The zero-order chi connectivity index (χ0) is 14.5. The van der Waals surface area contributed by atoms with Crippen LogP contribution in [-0.4, -0.2) is 15.7 Å². The summed E-state index contributed by atoms with van der Waals surface area (Å²) in [5.41, 5.74) is 11.8. The molecule has 1 aromatic carbocycles. The van der Waals surface area contributed by atoms with E-state index in [4.69, 9.17) is 11.5 Å². The molecule has 7 heteroatoms. The Morgan fingerprint density at radius 2 is 2.05 bits per heavy atom. The lowest BCUT2D eigenvalue weighted by Crippen LogP contribution is -2.05. The summed E-state index contributed by atoms with van der Waals surface area (Å²) < 4.78 is 41.1. The quantitative estimate of drug-likeness (QED) is 0.850. The summed E-state index contributed by atoms with van der Waals surface area (Å²) in [4.78, 5) is 0. The molecule has 106 valence electrons. The smallest absolute Gasteiger partial charge is 0.253 e. The number of aromatic nitrogens is 2. The number of nitrogen functional groups attached to an aromatic ring is 2. The average molecular weight is 282 g/mol. The highest BCUT2D eigenvalue weighted by molar-refractivity contribution is 5.75. The second-order valence-corrected chi connectivity index (χ2v) is 5.04. The number of halogens is 3. The molecule has 1 atom stereocenters. The largest absolute Gasteiger partial charge is 0.397 e. The van der Waals surface area contributed by atoms with Crippen LogP contribution in [0.2, 0.25) is 0 Å². The molecule has 0 aliphatic heterocycles. The molecule has 4 N–H and O–H groups in total. The fourth-order valence-corrected chi connectivity index (χ4v) is 2.13. The number of hydrogen-bond acceptors (Lipinski definition) is 3. The second-order valence-electron chi connectivity index (χ2n) is 5.04. The van der Waals surface area contributed by atoms with Crippen LogP contribution in [0.5, 0.6) is 0 Å². The van der Waals surface area contributed by atoms with Crippen molar-refractivity contribution in [2.24, 2.45) is 5.92 Å². The highest BCUT2D eigenvalue weighted by atomic mass is 19.3. The monoisotopic (exact) mass is 282 g/mol. The molecule has 3 rings (SSSR count). The molecule has 1 aromatic heterocycles. The summed E-state index contributed by atoms with van der Waals surface area (Å²) >= 11 is 0. The van der Waals surface area contributed by atoms with Crippen LogP contribution in [-0.2, 0) is 6.54 Å². The molecule has 0 radical (unpaired) electrons. The van der Waals surface area contributed by atoms with E-state index >= 15 is 0 Å². The molecule has 1 unspecified atom stereocenters. The van der Waals surface area contributed by atoms with Crippen molar-refractivity contribution >= 4 is 11.4 Å². The third-order valence-corrected chi connectivity index (χ3v) is 3.52. The van der Waals surface area contributed by atoms with Gasteiger partial charge in [-0.1, -0.05) is 0 Å². The maximum Gasteiger partial charge on any atom is 0.253 e. The van der Waals surface area contributed by atoms with Gasteiger partial charge in [0, 0.05) is 36.2 Å². The van der Waals surface area contributed by atoms with Crippen LogP contribution < -0.4 is 11.5 Å². The van der Waals surface area contributed by atoms with Crippen LogP contribution in [0.25, 0.3) is 11.1 Å². The molecule has 1 saturated carbocycles. The minimum Gasteiger partial charge on any atom is -0.397 e. The van der Waals surface area contributed by atoms with Gasteiger partial charge < -0.3 is 11.5 Å². The molecule has 4 nitrogen and oxygen atoms in total. The molecule has 2 aromatic rings. The second kappa shape index (κ2) is 4.16. The van der Waals surface area contributed by atoms with E-state index in [1.807, 2.05) is 0 Å². The van der Waals surface area contributed by atoms with Crippen molar-refractivity contribution in [2.45, 2.75) is 18.9 Å². The van der Waals surface area contributed by atoms with Crippen molar-refractivity contribution < 1.29 is 13.2 Å². The van der Waals surface area contributed by atoms with Gasteiger partial charge in [-0.25, -0.2) is 13.2 Å². The Morgan fingerprint density at radius 1 is 1.35 bits per heavy atom. The van der Waals surface area contributed by atoms with Crippen LogP contribution in [0.1, 0.15) is 6.42 Å². The third kappa shape index (κ3) is 2.09. The van der Waals surface area contributed by atoms with Crippen LogP contribution in [0.15, 0.2) is 24.5 Å². The van der Waals surface area contributed by atoms with Gasteiger partial charge in [-0.05, 0) is 12.1 Å². The molecule has 0 amide bonds. The van der Waals surface area contributed by atoms with Gasteiger partial charge in [-0.3, -0.25) is 4.68 Å². The average Bonchev–Trinajstić information content (AvgIpc) is 2.79. The maximum absolute atomic E-state index is 14.0. The summed E-state index contributed by atoms with van der Waals surface area (Å²) in [6.07, 6.45) is 2.84. The number of alkyl halides is 2. The molecular weight excluding hydrogens is 269 g/mol. The van der Waals surface area contributed by atoms with Crippen molar-refractivity contribution in [3.05, 3.63) is 30.3 Å². The molecule has 0 spiro atoms. The number of nitrogens with two attached hydrogens (primary N) is 2. The zero-order valence-electron chi connectivity index (χ0n) is 10.5. The topological polar surface area (TPSA) is 69.9 Å². The number of nitrogens with zero attached hydrogens (tertiary/aromatic N) is 2. The van der Waals surface area contributed by atoms with E-state index in [0.29, 0.717) is 5.56 Å². The summed E-state index contributed by atoms with van der Waals surface area (Å²) in [6.45, 7) is 0.124. The first-order valence-electron chi connectivity index (χ1n) is 6.12. The van der Waals surface area contributed by atoms with Crippen molar-refractivity contribution in [2.75, 3.05) is 11.5 Å². The fourth-order valence-electron chi connectivity index (χ4n) is 2.13. The van der Waals surface area contributed by atoms with Gasteiger partial charge in [0.1, 0.15) is 0 Å². The van der Waals surface area contributed by atoms with E-state index in [2.05, 4.69) is 5.10 Å². The molecule has 1 heterocycles. The van der Waals surface area contributed by atoms with Crippen LogP contribution >= 0.6 is 0 Å². The van der Waals surface area contributed by atoms with Gasteiger partial charge in [0.05, 0.1) is 17.6 Å². The van der Waals surface area contributed by atoms with Crippen molar-refractivity contribution in [3.8, 4) is 11.1 Å². The van der Waals surface area contributed by atoms with Gasteiger partial charge in [0.15, 0.2) is 5.82 Å². The van der Waals surface area contributed by atoms with Gasteiger partial charge in [-0.15, -0.1) is 0 Å². The van der Waals surface area contributed by atoms with E-state index in [-0.39, 0.29) is 29.9 Å². The molecule has 20 heavy (non-hydrogen) atoms. The summed E-state index contributed by atoms with van der Waals surface area (Å²) in [6, 6.07) is 2.99. The molecule has 0 bridgehead atoms. The van der Waals surface area contributed by atoms with Gasteiger partial charge in [0.25, 0.3) is 5.92 Å². The molecule has 1 aliphatic rings. The fraction of sp³-hybridized carbons (Fsp3) is 0.308. The standard InChI is InChI=1S/C13H13F3N4/c14-11-9(1-2-10(17)12(11)18)7-4-19-20(5-7)6-8-3-13(8,15)16/h1-2,4-5,8H,3,6,17-18H2. The van der Waals surface area contributed by atoms with E-state index in [0.717, 1.165) is 0 Å². The van der Waals surface area contributed by atoms with Crippen molar-refractivity contribution in [1.82, 2.24) is 9.78 Å². The predicted molar refractivity (Wildman–Crippen MR) is 69.5 cm³/mol. The molecule has 1 fully saturated rings. The Balaban J connectivity index is 1.85. The van der Waals surface area contributed by atoms with E-state index in [9.17, 15) is 13.2 Å².